The van der Waals surface area contributed by atoms with Gasteiger partial charge < -0.3 is 11.1 Å². The quantitative estimate of drug-likeness (QED) is 0.764. The van der Waals surface area contributed by atoms with E-state index in [2.05, 4.69) is 10.3 Å². The summed E-state index contributed by atoms with van der Waals surface area (Å²) < 4.78 is 25.9. The smallest absolute Gasteiger partial charge is 0.256 e. The maximum absolute atomic E-state index is 13.0. The summed E-state index contributed by atoms with van der Waals surface area (Å²) in [6.45, 7) is 0. The molecule has 3 rings (SSSR count). The molecule has 3 N–H and O–H groups in total. The zero-order valence-electron chi connectivity index (χ0n) is 11.7. The third-order valence-corrected chi connectivity index (χ3v) is 3.89. The molecule has 23 heavy (non-hydrogen) atoms. The van der Waals surface area contributed by atoms with Crippen molar-refractivity contribution >= 4 is 27.4 Å². The Morgan fingerprint density at radius 3 is 2.17 bits per heavy atom. The van der Waals surface area contributed by atoms with Crippen LogP contribution in [0.5, 0.6) is 0 Å². The summed E-state index contributed by atoms with van der Waals surface area (Å²) in [7, 11) is 0. The average Bonchev–Trinajstić information content (AvgIpc) is 2.89. The summed E-state index contributed by atoms with van der Waals surface area (Å²) in [5.74, 6) is -1.19. The molecule has 1 aromatic heterocycles. The number of carbonyl (C=O) groups excluding carboxylic acids is 1. The number of halogens is 2. The van der Waals surface area contributed by atoms with Crippen LogP contribution < -0.4 is 11.1 Å². The molecule has 3 aromatic rings. The molecule has 0 saturated carbocycles. The Balaban J connectivity index is 1.90. The number of nitrogen functional groups attached to an aromatic ring is 1. The maximum atomic E-state index is 13.0. The molecule has 116 valence electrons. The first-order valence-corrected chi connectivity index (χ1v) is 7.44. The second-order valence-corrected chi connectivity index (χ2v) is 5.73. The molecule has 0 bridgehead atoms. The average molecular weight is 331 g/mol. The molecule has 0 atom stereocenters. The van der Waals surface area contributed by atoms with Crippen LogP contribution in [-0.4, -0.2) is 10.9 Å². The molecular weight excluding hydrogens is 320 g/mol. The number of anilines is 2. The van der Waals surface area contributed by atoms with E-state index < -0.39 is 11.7 Å². The van der Waals surface area contributed by atoms with Crippen LogP contribution in [0.3, 0.4) is 0 Å². The van der Waals surface area contributed by atoms with Crippen LogP contribution in [0.4, 0.5) is 18.9 Å². The van der Waals surface area contributed by atoms with Crippen molar-refractivity contribution < 1.29 is 13.6 Å². The van der Waals surface area contributed by atoms with Gasteiger partial charge in [-0.15, -0.1) is 0 Å². The highest BCUT2D eigenvalue weighted by Gasteiger charge is 2.15. The van der Waals surface area contributed by atoms with Crippen molar-refractivity contribution in [3.05, 3.63) is 65.7 Å². The number of hydrogen-bond acceptors (Lipinski definition) is 4. The van der Waals surface area contributed by atoms with Gasteiger partial charge in [-0.3, -0.25) is 4.79 Å². The normalized spacial score (nSPS) is 10.5. The van der Waals surface area contributed by atoms with E-state index in [9.17, 15) is 13.6 Å². The van der Waals surface area contributed by atoms with Crippen molar-refractivity contribution in [2.75, 3.05) is 11.1 Å². The van der Waals surface area contributed by atoms with E-state index in [-0.39, 0.29) is 10.9 Å². The van der Waals surface area contributed by atoms with Crippen molar-refractivity contribution in [2.24, 2.45) is 0 Å². The number of rotatable bonds is 3. The summed E-state index contributed by atoms with van der Waals surface area (Å²) in [5.41, 5.74) is 7.12. The Hall–Kier alpha value is -2.80. The Bertz CT molecular complexity index is 845. The fourth-order valence-electron chi connectivity index (χ4n) is 2.00. The number of benzene rings is 2. The summed E-state index contributed by atoms with van der Waals surface area (Å²) in [6.07, 6.45) is 0. The molecule has 7 heteroatoms. The van der Waals surface area contributed by atoms with Crippen LogP contribution in [0.2, 0.25) is 0 Å². The van der Waals surface area contributed by atoms with Gasteiger partial charge in [-0.1, -0.05) is 11.3 Å². The lowest BCUT2D eigenvalue weighted by molar-refractivity contribution is 0.102. The van der Waals surface area contributed by atoms with Gasteiger partial charge in [0, 0.05) is 11.1 Å². The van der Waals surface area contributed by atoms with E-state index >= 15 is 0 Å². The molecule has 0 radical (unpaired) electrons. The van der Waals surface area contributed by atoms with Crippen molar-refractivity contribution in [2.45, 2.75) is 0 Å². The number of aromatic nitrogens is 1. The molecule has 0 spiro atoms. The van der Waals surface area contributed by atoms with Crippen molar-refractivity contribution in [3.8, 4) is 11.3 Å². The number of carbonyl (C=O) groups is 1. The molecule has 0 aliphatic heterocycles. The van der Waals surface area contributed by atoms with Gasteiger partial charge in [-0.25, -0.2) is 13.8 Å². The first-order valence-electron chi connectivity index (χ1n) is 6.62. The molecule has 2 aromatic carbocycles. The number of nitrogens with one attached hydrogen (secondary N) is 1. The predicted molar refractivity (Wildman–Crippen MR) is 86.3 cm³/mol. The standard InChI is InChI=1S/C16H11F2N3OS/c17-11-5-1-9(2-6-11)13-15(23-16(19)20-13)21-14(22)10-3-7-12(18)8-4-10/h1-8H,(H2,19,20)(H,21,22). The molecule has 0 fully saturated rings. The predicted octanol–water partition coefficient (Wildman–Crippen LogP) is 3.92. The molecule has 0 saturated heterocycles. The van der Waals surface area contributed by atoms with E-state index in [0.29, 0.717) is 21.8 Å². The lowest BCUT2D eigenvalue weighted by Gasteiger charge is -2.05. The minimum Gasteiger partial charge on any atom is -0.375 e. The number of thiazole rings is 1. The van der Waals surface area contributed by atoms with Gasteiger partial charge in [0.2, 0.25) is 0 Å². The summed E-state index contributed by atoms with van der Waals surface area (Å²) in [5, 5.41) is 3.43. The maximum Gasteiger partial charge on any atom is 0.256 e. The largest absolute Gasteiger partial charge is 0.375 e. The Labute approximate surface area is 134 Å². The molecule has 0 aliphatic rings. The Kier molecular flexibility index (Phi) is 4.03. The summed E-state index contributed by atoms with van der Waals surface area (Å²) >= 11 is 1.11. The lowest BCUT2D eigenvalue weighted by atomic mass is 10.1. The number of amides is 1. The third-order valence-electron chi connectivity index (χ3n) is 3.09. The van der Waals surface area contributed by atoms with Gasteiger partial charge in [0.15, 0.2) is 5.13 Å². The van der Waals surface area contributed by atoms with Gasteiger partial charge in [-0.2, -0.15) is 0 Å². The van der Waals surface area contributed by atoms with Crippen LogP contribution in [0.15, 0.2) is 48.5 Å². The molecule has 1 amide bonds. The van der Waals surface area contributed by atoms with Gasteiger partial charge in [-0.05, 0) is 48.5 Å². The highest BCUT2D eigenvalue weighted by atomic mass is 32.1. The highest BCUT2D eigenvalue weighted by Crippen LogP contribution is 2.34. The van der Waals surface area contributed by atoms with Gasteiger partial charge in [0.05, 0.1) is 0 Å². The Morgan fingerprint density at radius 1 is 1.00 bits per heavy atom. The van der Waals surface area contributed by atoms with Crippen molar-refractivity contribution in [1.29, 1.82) is 0 Å². The molecule has 0 unspecified atom stereocenters. The zero-order chi connectivity index (χ0) is 16.4. The van der Waals surface area contributed by atoms with E-state index in [1.165, 1.54) is 36.4 Å². The minimum absolute atomic E-state index is 0.277. The molecule has 4 nitrogen and oxygen atoms in total. The first kappa shape index (κ1) is 15.1. The highest BCUT2D eigenvalue weighted by molar-refractivity contribution is 7.20. The number of nitrogens with two attached hydrogens (primary N) is 1. The second-order valence-electron chi connectivity index (χ2n) is 4.70. The zero-order valence-corrected chi connectivity index (χ0v) is 12.5. The molecule has 1 heterocycles. The Morgan fingerprint density at radius 2 is 1.57 bits per heavy atom. The van der Waals surface area contributed by atoms with E-state index in [1.54, 1.807) is 12.1 Å². The monoisotopic (exact) mass is 331 g/mol. The van der Waals surface area contributed by atoms with Crippen LogP contribution in [-0.2, 0) is 0 Å². The molecule has 0 aliphatic carbocycles. The summed E-state index contributed by atoms with van der Waals surface area (Å²) in [4.78, 5) is 16.4. The second kappa shape index (κ2) is 6.13. The SMILES string of the molecule is Nc1nc(-c2ccc(F)cc2)c(NC(=O)c2ccc(F)cc2)s1. The van der Waals surface area contributed by atoms with Gasteiger partial charge in [0.1, 0.15) is 22.3 Å². The third kappa shape index (κ3) is 3.35. The van der Waals surface area contributed by atoms with Crippen LogP contribution in [0, 0.1) is 11.6 Å². The van der Waals surface area contributed by atoms with E-state index in [0.717, 1.165) is 11.3 Å². The fraction of sp³-hybridized carbons (Fsp3) is 0. The number of hydrogen-bond donors (Lipinski definition) is 2. The summed E-state index contributed by atoms with van der Waals surface area (Å²) in [6, 6.07) is 10.9. The lowest BCUT2D eigenvalue weighted by Crippen LogP contribution is -2.11. The van der Waals surface area contributed by atoms with Gasteiger partial charge >= 0.3 is 0 Å². The fourth-order valence-corrected chi connectivity index (χ4v) is 2.75. The van der Waals surface area contributed by atoms with E-state index in [1.807, 2.05) is 0 Å². The first-order chi connectivity index (χ1) is 11.0. The van der Waals surface area contributed by atoms with Gasteiger partial charge in [0.25, 0.3) is 5.91 Å². The minimum atomic E-state index is -0.421. The van der Waals surface area contributed by atoms with Crippen molar-refractivity contribution in [1.82, 2.24) is 4.98 Å². The van der Waals surface area contributed by atoms with E-state index in [4.69, 9.17) is 5.73 Å². The van der Waals surface area contributed by atoms with Crippen LogP contribution in [0.1, 0.15) is 10.4 Å². The number of nitrogens with zero attached hydrogens (tertiary/aromatic N) is 1. The topological polar surface area (TPSA) is 68.0 Å². The van der Waals surface area contributed by atoms with Crippen LogP contribution in [0.25, 0.3) is 11.3 Å². The van der Waals surface area contributed by atoms with Crippen LogP contribution >= 0.6 is 11.3 Å². The van der Waals surface area contributed by atoms with Crippen molar-refractivity contribution in [3.63, 3.8) is 0 Å². The molecular formula is C16H11F2N3OS.